The average molecular weight is 737 g/mol. The summed E-state index contributed by atoms with van der Waals surface area (Å²) < 4.78 is 31.0. The zero-order valence-electron chi connectivity index (χ0n) is 30.1. The maximum absolute atomic E-state index is 14.5. The molecule has 1 aromatic heterocycles. The number of hydrogen-bond acceptors (Lipinski definition) is 3. The van der Waals surface area contributed by atoms with Gasteiger partial charge in [0.2, 0.25) is 9.84 Å². The molecule has 1 aliphatic heterocycles. The van der Waals surface area contributed by atoms with Gasteiger partial charge in [-0.15, -0.1) is 0 Å². The molecule has 10 aromatic rings. The maximum atomic E-state index is 14.5. The van der Waals surface area contributed by atoms with E-state index in [1.54, 1.807) is 12.1 Å². The number of benzene rings is 9. The lowest BCUT2D eigenvalue weighted by Crippen LogP contribution is -2.15. The monoisotopic (exact) mass is 736 g/mol. The molecule has 264 valence electrons. The van der Waals surface area contributed by atoms with E-state index in [4.69, 9.17) is 4.98 Å². The highest BCUT2D eigenvalue weighted by molar-refractivity contribution is 7.92. The fraction of sp³-hybridized carbons (Fsp3) is 0. The molecule has 0 fully saturated rings. The molecule has 2 heterocycles. The molecule has 0 spiro atoms. The molecule has 5 heteroatoms. The lowest BCUT2D eigenvalue weighted by atomic mass is 9.84. The second-order valence-electron chi connectivity index (χ2n) is 14.3. The van der Waals surface area contributed by atoms with E-state index >= 15 is 0 Å². The highest BCUT2D eigenvalue weighted by Crippen LogP contribution is 2.47. The number of sulfone groups is 1. The molecule has 56 heavy (non-hydrogen) atoms. The van der Waals surface area contributed by atoms with Crippen LogP contribution < -0.4 is 0 Å². The van der Waals surface area contributed by atoms with Gasteiger partial charge in [0, 0.05) is 5.56 Å². The Labute approximate surface area is 324 Å². The van der Waals surface area contributed by atoms with Crippen LogP contribution in [0.5, 0.6) is 0 Å². The molecular weight excluding hydrogens is 705 g/mol. The fourth-order valence-corrected chi connectivity index (χ4v) is 10.3. The van der Waals surface area contributed by atoms with Crippen LogP contribution in [0.2, 0.25) is 0 Å². The Morgan fingerprint density at radius 3 is 1.64 bits per heavy atom. The Morgan fingerprint density at radius 1 is 0.375 bits per heavy atom. The summed E-state index contributed by atoms with van der Waals surface area (Å²) in [7, 11) is -3.86. The van der Waals surface area contributed by atoms with E-state index in [-0.39, 0.29) is 9.79 Å². The fourth-order valence-electron chi connectivity index (χ4n) is 8.61. The summed E-state index contributed by atoms with van der Waals surface area (Å²) in [6.45, 7) is 0. The van der Waals surface area contributed by atoms with Crippen molar-refractivity contribution >= 4 is 42.4 Å². The van der Waals surface area contributed by atoms with E-state index in [0.29, 0.717) is 22.5 Å². The third-order valence-electron chi connectivity index (χ3n) is 11.1. The van der Waals surface area contributed by atoms with Gasteiger partial charge in [-0.25, -0.2) is 13.4 Å². The van der Waals surface area contributed by atoms with Crippen molar-refractivity contribution in [2.45, 2.75) is 9.79 Å². The summed E-state index contributed by atoms with van der Waals surface area (Å²) in [5.74, 6) is 0.713. The summed E-state index contributed by atoms with van der Waals surface area (Å²) in [5.41, 5.74) is 11.4. The molecule has 0 atom stereocenters. The molecule has 0 bridgehead atoms. The minimum absolute atomic E-state index is 0.268. The topological polar surface area (TPSA) is 52.0 Å². The molecule has 0 radical (unpaired) electrons. The minimum atomic E-state index is -3.86. The van der Waals surface area contributed by atoms with Gasteiger partial charge in [0.1, 0.15) is 5.82 Å². The number of nitrogens with zero attached hydrogens (tertiary/aromatic N) is 2. The van der Waals surface area contributed by atoms with Gasteiger partial charge in [-0.05, 0) is 102 Å². The van der Waals surface area contributed by atoms with E-state index in [9.17, 15) is 8.42 Å². The molecule has 1 aliphatic rings. The largest absolute Gasteiger partial charge is 0.290 e. The summed E-state index contributed by atoms with van der Waals surface area (Å²) in [6.07, 6.45) is 0. The van der Waals surface area contributed by atoms with Gasteiger partial charge in [0.25, 0.3) is 0 Å². The first kappa shape index (κ1) is 32.4. The van der Waals surface area contributed by atoms with Crippen molar-refractivity contribution in [3.05, 3.63) is 194 Å². The zero-order chi connectivity index (χ0) is 37.4. The second-order valence-corrected chi connectivity index (χ2v) is 16.2. The van der Waals surface area contributed by atoms with Crippen LogP contribution >= 0.6 is 0 Å². The number of hydrogen-bond donors (Lipinski definition) is 0. The predicted molar refractivity (Wildman–Crippen MR) is 229 cm³/mol. The maximum Gasteiger partial charge on any atom is 0.210 e. The van der Waals surface area contributed by atoms with Gasteiger partial charge in [-0.2, -0.15) is 0 Å². The molecule has 0 aliphatic carbocycles. The van der Waals surface area contributed by atoms with Crippen molar-refractivity contribution in [3.8, 4) is 61.6 Å². The molecule has 0 saturated carbocycles. The van der Waals surface area contributed by atoms with E-state index in [1.165, 1.54) is 10.9 Å². The summed E-state index contributed by atoms with van der Waals surface area (Å²) >= 11 is 0. The van der Waals surface area contributed by atoms with Crippen molar-refractivity contribution in [1.29, 1.82) is 0 Å². The van der Waals surface area contributed by atoms with Crippen LogP contribution in [0.25, 0.3) is 94.2 Å². The Hall–Kier alpha value is -7.08. The zero-order valence-corrected chi connectivity index (χ0v) is 30.9. The third kappa shape index (κ3) is 4.91. The number of imidazole rings is 1. The molecule has 0 N–H and O–H groups in total. The molecular formula is C51H32N2O2S. The SMILES string of the molecule is O=S1(=O)c2cc(-c3ccc4c(-c5ccccc5)c5ccccc5c(-c5cccc(-c6ccccc6)c5)c4c3)ccc2-n2c(-c3ccccc3)nc3cccc1c32. The van der Waals surface area contributed by atoms with E-state index in [1.807, 2.05) is 65.2 Å². The van der Waals surface area contributed by atoms with Crippen LogP contribution in [0.3, 0.4) is 0 Å². The first-order valence-corrected chi connectivity index (χ1v) is 20.2. The quantitative estimate of drug-likeness (QED) is 0.165. The van der Waals surface area contributed by atoms with Crippen LogP contribution in [0.1, 0.15) is 0 Å². The lowest BCUT2D eigenvalue weighted by molar-refractivity contribution is 0.594. The highest BCUT2D eigenvalue weighted by atomic mass is 32.2. The number of aromatic nitrogens is 2. The second kappa shape index (κ2) is 12.5. The number of fused-ring (bicyclic) bond motifs is 4. The highest BCUT2D eigenvalue weighted by Gasteiger charge is 2.34. The number of para-hydroxylation sites is 1. The minimum Gasteiger partial charge on any atom is -0.290 e. The molecule has 0 amide bonds. The lowest BCUT2D eigenvalue weighted by Gasteiger charge is -2.22. The Balaban J connectivity index is 1.17. The Kier molecular flexibility index (Phi) is 7.21. The molecule has 0 saturated heterocycles. The molecule has 0 unspecified atom stereocenters. The summed E-state index contributed by atoms with van der Waals surface area (Å²) in [4.78, 5) is 5.49. The van der Waals surface area contributed by atoms with Crippen molar-refractivity contribution < 1.29 is 8.42 Å². The van der Waals surface area contributed by atoms with E-state index in [0.717, 1.165) is 60.7 Å². The first-order chi connectivity index (χ1) is 27.5. The van der Waals surface area contributed by atoms with Crippen molar-refractivity contribution in [2.75, 3.05) is 0 Å². The molecule has 11 rings (SSSR count). The average Bonchev–Trinajstić information content (AvgIpc) is 3.66. The van der Waals surface area contributed by atoms with Gasteiger partial charge in [-0.3, -0.25) is 4.57 Å². The first-order valence-electron chi connectivity index (χ1n) is 18.7. The van der Waals surface area contributed by atoms with Gasteiger partial charge in [0.15, 0.2) is 0 Å². The molecule has 9 aromatic carbocycles. The predicted octanol–water partition coefficient (Wildman–Crippen LogP) is 12.8. The van der Waals surface area contributed by atoms with Crippen LogP contribution in [0, 0.1) is 0 Å². The summed E-state index contributed by atoms with van der Waals surface area (Å²) in [5, 5.41) is 4.56. The standard InChI is InChI=1S/C51H32N2O2S/c54-56(55)46-25-13-24-44-50(46)53(51(52-44)35-18-8-3-9-19-35)45-29-27-38(32-47(45)56)37-26-28-42-43(31-37)49(39-21-12-20-36(30-39)33-14-4-1-5-15-33)41-23-11-10-22-40(41)48(42)34-16-6-2-7-17-34/h1-32H. The van der Waals surface area contributed by atoms with Crippen molar-refractivity contribution in [3.63, 3.8) is 0 Å². The van der Waals surface area contributed by atoms with E-state index in [2.05, 4.69) is 121 Å². The van der Waals surface area contributed by atoms with Crippen molar-refractivity contribution in [2.24, 2.45) is 0 Å². The van der Waals surface area contributed by atoms with Crippen LogP contribution in [-0.4, -0.2) is 18.0 Å². The van der Waals surface area contributed by atoms with Crippen LogP contribution in [-0.2, 0) is 9.84 Å². The van der Waals surface area contributed by atoms with Gasteiger partial charge in [-0.1, -0.05) is 158 Å². The summed E-state index contributed by atoms with van der Waals surface area (Å²) in [6, 6.07) is 66.2. The molecule has 4 nitrogen and oxygen atoms in total. The van der Waals surface area contributed by atoms with Crippen LogP contribution in [0.4, 0.5) is 0 Å². The number of rotatable bonds is 5. The van der Waals surface area contributed by atoms with E-state index < -0.39 is 9.84 Å². The van der Waals surface area contributed by atoms with Gasteiger partial charge >= 0.3 is 0 Å². The Bertz CT molecular complexity index is 3300. The van der Waals surface area contributed by atoms with Gasteiger partial charge < -0.3 is 0 Å². The smallest absolute Gasteiger partial charge is 0.210 e. The Morgan fingerprint density at radius 2 is 0.911 bits per heavy atom. The normalized spacial score (nSPS) is 12.9. The third-order valence-corrected chi connectivity index (χ3v) is 12.9. The van der Waals surface area contributed by atoms with Gasteiger partial charge in [0.05, 0.1) is 26.5 Å². The van der Waals surface area contributed by atoms with Crippen molar-refractivity contribution in [1.82, 2.24) is 9.55 Å². The van der Waals surface area contributed by atoms with Crippen LogP contribution in [0.15, 0.2) is 204 Å².